The van der Waals surface area contributed by atoms with Gasteiger partial charge in [0.25, 0.3) is 0 Å². The van der Waals surface area contributed by atoms with Gasteiger partial charge in [-0.15, -0.1) is 0 Å². The third-order valence-electron chi connectivity index (χ3n) is 5.54. The lowest BCUT2D eigenvalue weighted by molar-refractivity contribution is -0.137. The average molecular weight is 456 g/mol. The molecule has 6 heteroatoms. The predicted molar refractivity (Wildman–Crippen MR) is 127 cm³/mol. The summed E-state index contributed by atoms with van der Waals surface area (Å²) in [5.41, 5.74) is 3.72. The number of ether oxygens (including phenoxy) is 1. The van der Waals surface area contributed by atoms with Crippen LogP contribution in [0.25, 0.3) is 33.4 Å². The number of alkyl halides is 3. The highest BCUT2D eigenvalue weighted by Crippen LogP contribution is 2.33. The van der Waals surface area contributed by atoms with Gasteiger partial charge in [-0.1, -0.05) is 36.4 Å². The number of hydrogen-bond donors (Lipinski definition) is 0. The normalized spacial score (nSPS) is 11.5. The molecule has 5 aromatic rings. The van der Waals surface area contributed by atoms with Crippen molar-refractivity contribution in [1.82, 2.24) is 9.97 Å². The number of aromatic nitrogens is 2. The zero-order chi connectivity index (χ0) is 23.7. The molecule has 2 aromatic heterocycles. The van der Waals surface area contributed by atoms with E-state index in [2.05, 4.69) is 9.97 Å². The summed E-state index contributed by atoms with van der Waals surface area (Å²) in [4.78, 5) is 9.08. The number of fused-ring (bicyclic) bond motifs is 1. The van der Waals surface area contributed by atoms with Crippen molar-refractivity contribution in [2.45, 2.75) is 13.1 Å². The summed E-state index contributed by atoms with van der Waals surface area (Å²) in [5.74, 6) is 1.51. The number of halogens is 3. The molecule has 0 aliphatic carbocycles. The molecular formula is C28H19F3N2O. The standard InChI is InChI=1S/C28H19F3N2O/c1-18-15-27(33-25-14-10-21(16-24(18)25)28(29,30)31)26-13-9-20(17-32-26)19-7-11-23(12-8-19)34-22-5-3-2-4-6-22/h2-17H,1H3. The molecule has 3 aromatic carbocycles. The van der Waals surface area contributed by atoms with Crippen molar-refractivity contribution in [3.8, 4) is 34.0 Å². The Balaban J connectivity index is 1.38. The molecule has 0 bridgehead atoms. The molecule has 0 atom stereocenters. The number of benzene rings is 3. The van der Waals surface area contributed by atoms with Gasteiger partial charge in [-0.2, -0.15) is 13.2 Å². The van der Waals surface area contributed by atoms with Crippen molar-refractivity contribution in [3.63, 3.8) is 0 Å². The van der Waals surface area contributed by atoms with Crippen molar-refractivity contribution in [3.05, 3.63) is 108 Å². The van der Waals surface area contributed by atoms with E-state index < -0.39 is 11.7 Å². The Morgan fingerprint density at radius 2 is 1.41 bits per heavy atom. The van der Waals surface area contributed by atoms with Crippen LogP contribution in [0.3, 0.4) is 0 Å². The van der Waals surface area contributed by atoms with Gasteiger partial charge in [-0.05, 0) is 72.6 Å². The van der Waals surface area contributed by atoms with E-state index in [1.807, 2.05) is 66.7 Å². The van der Waals surface area contributed by atoms with Crippen LogP contribution >= 0.6 is 0 Å². The first-order valence-electron chi connectivity index (χ1n) is 10.7. The van der Waals surface area contributed by atoms with Gasteiger partial charge in [0.2, 0.25) is 0 Å². The molecule has 0 aliphatic rings. The minimum Gasteiger partial charge on any atom is -0.457 e. The van der Waals surface area contributed by atoms with Crippen LogP contribution in [-0.4, -0.2) is 9.97 Å². The summed E-state index contributed by atoms with van der Waals surface area (Å²) in [6.07, 6.45) is -2.63. The van der Waals surface area contributed by atoms with E-state index >= 15 is 0 Å². The Morgan fingerprint density at radius 3 is 2.09 bits per heavy atom. The molecule has 5 rings (SSSR count). The third kappa shape index (κ3) is 4.48. The van der Waals surface area contributed by atoms with Gasteiger partial charge in [0.05, 0.1) is 22.5 Å². The van der Waals surface area contributed by atoms with Crippen LogP contribution in [0.4, 0.5) is 13.2 Å². The molecule has 0 aliphatic heterocycles. The molecular weight excluding hydrogens is 437 g/mol. The topological polar surface area (TPSA) is 35.0 Å². The van der Waals surface area contributed by atoms with E-state index in [9.17, 15) is 13.2 Å². The predicted octanol–water partition coefficient (Wildman–Crippen LogP) is 8.08. The number of para-hydroxylation sites is 1. The molecule has 168 valence electrons. The molecule has 0 unspecified atom stereocenters. The maximum absolute atomic E-state index is 13.1. The first kappa shape index (κ1) is 21.6. The fraction of sp³-hybridized carbons (Fsp3) is 0.0714. The molecule has 0 radical (unpaired) electrons. The fourth-order valence-electron chi connectivity index (χ4n) is 3.76. The van der Waals surface area contributed by atoms with Gasteiger partial charge in [0.1, 0.15) is 11.5 Å². The van der Waals surface area contributed by atoms with Crippen LogP contribution in [0.2, 0.25) is 0 Å². The van der Waals surface area contributed by atoms with E-state index in [0.29, 0.717) is 27.9 Å². The quantitative estimate of drug-likeness (QED) is 0.274. The third-order valence-corrected chi connectivity index (χ3v) is 5.54. The van der Waals surface area contributed by atoms with Crippen LogP contribution < -0.4 is 4.74 Å². The van der Waals surface area contributed by atoms with Crippen molar-refractivity contribution >= 4 is 10.9 Å². The lowest BCUT2D eigenvalue weighted by Crippen LogP contribution is -2.04. The van der Waals surface area contributed by atoms with Crippen LogP contribution in [0.1, 0.15) is 11.1 Å². The largest absolute Gasteiger partial charge is 0.457 e. The molecule has 0 fully saturated rings. The average Bonchev–Trinajstić information content (AvgIpc) is 2.84. The summed E-state index contributed by atoms with van der Waals surface area (Å²) < 4.78 is 45.0. The van der Waals surface area contributed by atoms with Crippen molar-refractivity contribution in [1.29, 1.82) is 0 Å². The first-order chi connectivity index (χ1) is 16.4. The van der Waals surface area contributed by atoms with Gasteiger partial charge in [0.15, 0.2) is 0 Å². The van der Waals surface area contributed by atoms with Crippen LogP contribution in [-0.2, 0) is 6.18 Å². The Bertz CT molecular complexity index is 1450. The number of rotatable bonds is 4. The van der Waals surface area contributed by atoms with Crippen molar-refractivity contribution in [2.75, 3.05) is 0 Å². The minimum atomic E-state index is -4.39. The second-order valence-electron chi connectivity index (χ2n) is 7.93. The monoisotopic (exact) mass is 456 g/mol. The van der Waals surface area contributed by atoms with E-state index in [0.717, 1.165) is 34.8 Å². The smallest absolute Gasteiger partial charge is 0.416 e. The summed E-state index contributed by atoms with van der Waals surface area (Å²) >= 11 is 0. The Hall–Kier alpha value is -4.19. The van der Waals surface area contributed by atoms with E-state index in [4.69, 9.17) is 4.74 Å². The number of aryl methyl sites for hydroxylation is 1. The highest BCUT2D eigenvalue weighted by atomic mass is 19.4. The number of nitrogens with zero attached hydrogens (tertiary/aromatic N) is 2. The maximum atomic E-state index is 13.1. The highest BCUT2D eigenvalue weighted by Gasteiger charge is 2.30. The fourth-order valence-corrected chi connectivity index (χ4v) is 3.76. The van der Waals surface area contributed by atoms with Gasteiger partial charge >= 0.3 is 6.18 Å². The second kappa shape index (κ2) is 8.63. The molecule has 0 saturated carbocycles. The van der Waals surface area contributed by atoms with Crippen molar-refractivity contribution in [2.24, 2.45) is 0 Å². The van der Waals surface area contributed by atoms with Gasteiger partial charge in [-0.3, -0.25) is 4.98 Å². The Kier molecular flexibility index (Phi) is 5.49. The molecule has 0 spiro atoms. The SMILES string of the molecule is Cc1cc(-c2ccc(-c3ccc(Oc4ccccc4)cc3)cn2)nc2ccc(C(F)(F)F)cc12. The Morgan fingerprint density at radius 1 is 0.706 bits per heavy atom. The van der Waals surface area contributed by atoms with E-state index in [1.54, 1.807) is 19.2 Å². The molecule has 0 saturated heterocycles. The van der Waals surface area contributed by atoms with E-state index in [1.165, 1.54) is 6.07 Å². The zero-order valence-electron chi connectivity index (χ0n) is 18.2. The summed E-state index contributed by atoms with van der Waals surface area (Å²) in [7, 11) is 0. The minimum absolute atomic E-state index is 0.480. The molecule has 34 heavy (non-hydrogen) atoms. The molecule has 3 nitrogen and oxygen atoms in total. The first-order valence-corrected chi connectivity index (χ1v) is 10.7. The molecule has 0 amide bonds. The molecule has 0 N–H and O–H groups in total. The van der Waals surface area contributed by atoms with Crippen LogP contribution in [0, 0.1) is 6.92 Å². The highest BCUT2D eigenvalue weighted by molar-refractivity contribution is 5.85. The van der Waals surface area contributed by atoms with Crippen LogP contribution in [0.5, 0.6) is 11.5 Å². The maximum Gasteiger partial charge on any atom is 0.416 e. The summed E-state index contributed by atoms with van der Waals surface area (Å²) in [6, 6.07) is 26.5. The second-order valence-corrected chi connectivity index (χ2v) is 7.93. The number of pyridine rings is 2. The zero-order valence-corrected chi connectivity index (χ0v) is 18.2. The van der Waals surface area contributed by atoms with Crippen molar-refractivity contribution < 1.29 is 17.9 Å². The number of hydrogen-bond acceptors (Lipinski definition) is 3. The van der Waals surface area contributed by atoms with Gasteiger partial charge in [0, 0.05) is 17.1 Å². The Labute approximate surface area is 194 Å². The lowest BCUT2D eigenvalue weighted by Gasteiger charge is -2.11. The summed E-state index contributed by atoms with van der Waals surface area (Å²) in [5, 5.41) is 0.480. The molecule has 2 heterocycles. The lowest BCUT2D eigenvalue weighted by atomic mass is 10.0. The van der Waals surface area contributed by atoms with Gasteiger partial charge in [-0.25, -0.2) is 4.98 Å². The van der Waals surface area contributed by atoms with E-state index in [-0.39, 0.29) is 0 Å². The van der Waals surface area contributed by atoms with Gasteiger partial charge < -0.3 is 4.74 Å². The summed E-state index contributed by atoms with van der Waals surface area (Å²) in [6.45, 7) is 1.78. The van der Waals surface area contributed by atoms with Crippen LogP contribution in [0.15, 0.2) is 97.2 Å².